The summed E-state index contributed by atoms with van der Waals surface area (Å²) in [6.45, 7) is 0.278. The van der Waals surface area contributed by atoms with Gasteiger partial charge in [-0.15, -0.1) is 0 Å². The van der Waals surface area contributed by atoms with Gasteiger partial charge in [0.2, 0.25) is 0 Å². The molecule has 1 saturated heterocycles. The smallest absolute Gasteiger partial charge is 0.326 e. The first kappa shape index (κ1) is 14.2. The zero-order chi connectivity index (χ0) is 14.7. The van der Waals surface area contributed by atoms with Crippen molar-refractivity contribution < 1.29 is 23.5 Å². The molecule has 1 atom stereocenters. The number of nitrogens with one attached hydrogen (secondary N) is 1. The molecule has 0 aromatic heterocycles. The molecular weight excluding hydrogens is 270 g/mol. The van der Waals surface area contributed by atoms with Crippen molar-refractivity contribution in [2.45, 2.75) is 25.3 Å². The van der Waals surface area contributed by atoms with Crippen LogP contribution in [0, 0.1) is 11.6 Å². The molecule has 1 aliphatic heterocycles. The van der Waals surface area contributed by atoms with E-state index in [1.165, 1.54) is 12.1 Å². The highest BCUT2D eigenvalue weighted by molar-refractivity contribution is 5.92. The molecule has 2 rings (SSSR count). The van der Waals surface area contributed by atoms with E-state index in [2.05, 4.69) is 5.32 Å². The van der Waals surface area contributed by atoms with E-state index < -0.39 is 29.7 Å². The Bertz CT molecular complexity index is 536. The lowest BCUT2D eigenvalue weighted by atomic mass is 10.0. The summed E-state index contributed by atoms with van der Waals surface area (Å²) in [5, 5.41) is 11.3. The third-order valence-corrected chi connectivity index (χ3v) is 3.24. The number of anilines is 1. The summed E-state index contributed by atoms with van der Waals surface area (Å²) in [5.74, 6) is -3.33. The fourth-order valence-electron chi connectivity index (χ4n) is 2.22. The van der Waals surface area contributed by atoms with Crippen molar-refractivity contribution in [2.24, 2.45) is 0 Å². The van der Waals surface area contributed by atoms with Gasteiger partial charge in [0.1, 0.15) is 6.04 Å². The van der Waals surface area contributed by atoms with E-state index in [1.54, 1.807) is 0 Å². The lowest BCUT2D eigenvalue weighted by Crippen LogP contribution is -2.49. The molecule has 2 N–H and O–H groups in total. The monoisotopic (exact) mass is 284 g/mol. The third-order valence-electron chi connectivity index (χ3n) is 3.24. The average Bonchev–Trinajstić information content (AvgIpc) is 2.43. The van der Waals surface area contributed by atoms with Gasteiger partial charge < -0.3 is 15.3 Å². The van der Waals surface area contributed by atoms with Gasteiger partial charge in [0.15, 0.2) is 11.6 Å². The summed E-state index contributed by atoms with van der Waals surface area (Å²) >= 11 is 0. The van der Waals surface area contributed by atoms with Crippen LogP contribution in [0.15, 0.2) is 18.2 Å². The summed E-state index contributed by atoms with van der Waals surface area (Å²) in [6, 6.07) is 1.75. The molecule has 0 radical (unpaired) electrons. The molecule has 0 aliphatic carbocycles. The summed E-state index contributed by atoms with van der Waals surface area (Å²) < 4.78 is 26.5. The Labute approximate surface area is 114 Å². The number of carboxylic acids is 1. The molecule has 1 aromatic carbocycles. The number of halogens is 2. The predicted molar refractivity (Wildman–Crippen MR) is 67.4 cm³/mol. The average molecular weight is 284 g/mol. The number of urea groups is 1. The van der Waals surface area contributed by atoms with Crippen molar-refractivity contribution in [2.75, 3.05) is 11.9 Å². The van der Waals surface area contributed by atoms with Gasteiger partial charge in [-0.25, -0.2) is 18.4 Å². The fourth-order valence-corrected chi connectivity index (χ4v) is 2.22. The lowest BCUT2D eigenvalue weighted by Gasteiger charge is -2.32. The second-order valence-corrected chi connectivity index (χ2v) is 4.57. The highest BCUT2D eigenvalue weighted by Gasteiger charge is 2.32. The quantitative estimate of drug-likeness (QED) is 0.876. The summed E-state index contributed by atoms with van der Waals surface area (Å²) in [6.07, 6.45) is 1.76. The number of benzene rings is 1. The number of likely N-dealkylation sites (tertiary alicyclic amines) is 1. The molecule has 1 heterocycles. The lowest BCUT2D eigenvalue weighted by molar-refractivity contribution is -0.143. The molecule has 2 amide bonds. The van der Waals surface area contributed by atoms with Crippen LogP contribution >= 0.6 is 0 Å². The van der Waals surface area contributed by atoms with E-state index in [9.17, 15) is 18.4 Å². The van der Waals surface area contributed by atoms with Gasteiger partial charge in [-0.05, 0) is 31.4 Å². The second kappa shape index (κ2) is 5.85. The molecule has 1 aliphatic rings. The predicted octanol–water partition coefficient (Wildman–Crippen LogP) is 2.44. The third kappa shape index (κ3) is 2.87. The number of amides is 2. The number of aliphatic carboxylic acids is 1. The van der Waals surface area contributed by atoms with Crippen LogP contribution < -0.4 is 5.32 Å². The first-order chi connectivity index (χ1) is 9.50. The summed E-state index contributed by atoms with van der Waals surface area (Å²) in [5.41, 5.74) is -0.301. The summed E-state index contributed by atoms with van der Waals surface area (Å²) in [4.78, 5) is 24.2. The maximum absolute atomic E-state index is 13.5. The van der Waals surface area contributed by atoms with Gasteiger partial charge >= 0.3 is 12.0 Å². The van der Waals surface area contributed by atoms with Gasteiger partial charge in [0.25, 0.3) is 0 Å². The molecule has 0 spiro atoms. The van der Waals surface area contributed by atoms with Crippen LogP contribution in [0.3, 0.4) is 0 Å². The molecule has 1 fully saturated rings. The maximum atomic E-state index is 13.5. The van der Waals surface area contributed by atoms with Crippen LogP contribution in [-0.4, -0.2) is 34.6 Å². The first-order valence-electron chi connectivity index (χ1n) is 6.25. The highest BCUT2D eigenvalue weighted by atomic mass is 19.2. The van der Waals surface area contributed by atoms with Crippen molar-refractivity contribution in [3.05, 3.63) is 29.8 Å². The van der Waals surface area contributed by atoms with E-state index in [-0.39, 0.29) is 12.2 Å². The number of hydrogen-bond donors (Lipinski definition) is 2. The number of rotatable bonds is 2. The van der Waals surface area contributed by atoms with Crippen LogP contribution in [0.4, 0.5) is 19.3 Å². The zero-order valence-corrected chi connectivity index (χ0v) is 10.6. The maximum Gasteiger partial charge on any atom is 0.326 e. The standard InChI is InChI=1S/C13H14F2N2O3/c14-8-4-3-5-9(11(8)15)16-13(20)17-7-2-1-6-10(17)12(18)19/h3-5,10H,1-2,6-7H2,(H,16,20)(H,18,19). The minimum Gasteiger partial charge on any atom is -0.480 e. The van der Waals surface area contributed by atoms with Crippen molar-refractivity contribution in [1.82, 2.24) is 4.90 Å². The Balaban J connectivity index is 2.14. The number of carbonyl (C=O) groups excluding carboxylic acids is 1. The fraction of sp³-hybridized carbons (Fsp3) is 0.385. The van der Waals surface area contributed by atoms with Gasteiger partial charge in [0.05, 0.1) is 5.69 Å². The van der Waals surface area contributed by atoms with Crippen molar-refractivity contribution in [3.8, 4) is 0 Å². The first-order valence-corrected chi connectivity index (χ1v) is 6.25. The molecule has 0 saturated carbocycles. The minimum absolute atomic E-state index is 0.278. The molecule has 108 valence electrons. The van der Waals surface area contributed by atoms with Crippen molar-refractivity contribution >= 4 is 17.7 Å². The van der Waals surface area contributed by atoms with E-state index in [1.807, 2.05) is 0 Å². The molecule has 1 aromatic rings. The van der Waals surface area contributed by atoms with E-state index >= 15 is 0 Å². The molecule has 5 nitrogen and oxygen atoms in total. The molecule has 1 unspecified atom stereocenters. The minimum atomic E-state index is -1.16. The van der Waals surface area contributed by atoms with Gasteiger partial charge in [-0.2, -0.15) is 0 Å². The molecular formula is C13H14F2N2O3. The number of carboxylic acid groups (broad SMARTS) is 1. The van der Waals surface area contributed by atoms with E-state index in [4.69, 9.17) is 5.11 Å². The van der Waals surface area contributed by atoms with Crippen LogP contribution in [-0.2, 0) is 4.79 Å². The Kier molecular flexibility index (Phi) is 4.16. The van der Waals surface area contributed by atoms with E-state index in [0.717, 1.165) is 17.4 Å². The normalized spacial score (nSPS) is 18.7. The van der Waals surface area contributed by atoms with Gasteiger partial charge in [0, 0.05) is 6.54 Å². The Morgan fingerprint density at radius 1 is 1.30 bits per heavy atom. The summed E-state index contributed by atoms with van der Waals surface area (Å²) in [7, 11) is 0. The number of nitrogens with zero attached hydrogens (tertiary/aromatic N) is 1. The highest BCUT2D eigenvalue weighted by Crippen LogP contribution is 2.21. The van der Waals surface area contributed by atoms with Crippen LogP contribution in [0.2, 0.25) is 0 Å². The van der Waals surface area contributed by atoms with Crippen LogP contribution in [0.5, 0.6) is 0 Å². The molecule has 20 heavy (non-hydrogen) atoms. The Morgan fingerprint density at radius 2 is 2.05 bits per heavy atom. The Morgan fingerprint density at radius 3 is 2.75 bits per heavy atom. The SMILES string of the molecule is O=C(O)C1CCCCN1C(=O)Nc1cccc(F)c1F. The number of carbonyl (C=O) groups is 2. The number of hydrogen-bond acceptors (Lipinski definition) is 2. The largest absolute Gasteiger partial charge is 0.480 e. The number of piperidine rings is 1. The van der Waals surface area contributed by atoms with Crippen molar-refractivity contribution in [1.29, 1.82) is 0 Å². The van der Waals surface area contributed by atoms with Crippen molar-refractivity contribution in [3.63, 3.8) is 0 Å². The Hall–Kier alpha value is -2.18. The van der Waals surface area contributed by atoms with Crippen LogP contribution in [0.1, 0.15) is 19.3 Å². The molecule has 0 bridgehead atoms. The zero-order valence-electron chi connectivity index (χ0n) is 10.6. The second-order valence-electron chi connectivity index (χ2n) is 4.57. The van der Waals surface area contributed by atoms with Gasteiger partial charge in [-0.3, -0.25) is 0 Å². The van der Waals surface area contributed by atoms with Gasteiger partial charge in [-0.1, -0.05) is 6.07 Å². The topological polar surface area (TPSA) is 69.6 Å². The van der Waals surface area contributed by atoms with Crippen LogP contribution in [0.25, 0.3) is 0 Å². The molecule has 7 heteroatoms. The van der Waals surface area contributed by atoms with E-state index in [0.29, 0.717) is 12.8 Å².